The van der Waals surface area contributed by atoms with E-state index in [0.717, 1.165) is 35.3 Å². The maximum atomic E-state index is 9.13. The van der Waals surface area contributed by atoms with Gasteiger partial charge in [-0.1, -0.05) is 63.4 Å². The number of phenols is 2. The summed E-state index contributed by atoms with van der Waals surface area (Å²) in [5, 5.41) is 25.9. The van der Waals surface area contributed by atoms with Gasteiger partial charge in [0.1, 0.15) is 17.3 Å². The number of hydrogen-bond acceptors (Lipinski definition) is 11. The molecule has 13 nitrogen and oxygen atoms in total. The van der Waals surface area contributed by atoms with Crippen LogP contribution in [0.2, 0.25) is 0 Å². The normalized spacial score (nSPS) is 9.02. The van der Waals surface area contributed by atoms with E-state index in [0.29, 0.717) is 5.82 Å². The maximum Gasteiger partial charge on any atom is 0.225 e. The fraction of sp³-hybridized carbons (Fsp3) is 0.147. The summed E-state index contributed by atoms with van der Waals surface area (Å²) >= 11 is 0. The van der Waals surface area contributed by atoms with Gasteiger partial charge < -0.3 is 44.6 Å². The zero-order valence-corrected chi connectivity index (χ0v) is 24.7. The molecule has 0 saturated carbocycles. The molecule has 0 aliphatic rings. The average molecular weight is 640 g/mol. The Balaban J connectivity index is 0.000000625. The van der Waals surface area contributed by atoms with Crippen LogP contribution in [0.25, 0.3) is 0 Å². The first-order valence-electron chi connectivity index (χ1n) is 13.4. The van der Waals surface area contributed by atoms with Crippen molar-refractivity contribution in [2.75, 3.05) is 22.9 Å². The monoisotopic (exact) mass is 639 g/mol. The van der Waals surface area contributed by atoms with E-state index in [4.69, 9.17) is 49.9 Å². The van der Waals surface area contributed by atoms with Gasteiger partial charge in [-0.3, -0.25) is 0 Å². The summed E-state index contributed by atoms with van der Waals surface area (Å²) in [4.78, 5) is 13.9. The summed E-state index contributed by atoms with van der Waals surface area (Å²) < 4.78 is 0. The molecule has 0 bridgehead atoms. The molecule has 14 N–H and O–H groups in total. The highest BCUT2D eigenvalue weighted by Gasteiger charge is 1.98. The number of nitrogens with two attached hydrogens (primary N) is 6. The number of aromatic hydroxyl groups is 2. The summed E-state index contributed by atoms with van der Waals surface area (Å²) in [6.07, 6.45) is 3.13. The van der Waals surface area contributed by atoms with Gasteiger partial charge in [0.15, 0.2) is 0 Å². The molecule has 0 fully saturated rings. The van der Waals surface area contributed by atoms with Gasteiger partial charge in [-0.15, -0.1) is 4.99 Å². The molecule has 0 aliphatic carbocycles. The minimum atomic E-state index is -0.197. The Morgan fingerprint density at radius 1 is 0.596 bits per heavy atom. The fourth-order valence-corrected chi connectivity index (χ4v) is 3.55. The lowest BCUT2D eigenvalue weighted by Gasteiger charge is -2.02. The Morgan fingerprint density at radius 3 is 1.13 bits per heavy atom. The van der Waals surface area contributed by atoms with Gasteiger partial charge in [-0.05, 0) is 90.6 Å². The van der Waals surface area contributed by atoms with Crippen molar-refractivity contribution in [1.29, 1.82) is 5.26 Å². The molecule has 1 heterocycles. The Kier molecular flexibility index (Phi) is 18.2. The second-order valence-electron chi connectivity index (χ2n) is 9.41. The van der Waals surface area contributed by atoms with Crippen molar-refractivity contribution in [1.82, 2.24) is 15.0 Å². The van der Waals surface area contributed by atoms with E-state index >= 15 is 0 Å². The number of nitriles is 1. The van der Waals surface area contributed by atoms with Crippen LogP contribution in [0.15, 0.2) is 102 Å². The van der Waals surface area contributed by atoms with Crippen LogP contribution in [0, 0.1) is 18.4 Å². The number of nitrogen functional groups attached to an aromatic ring is 4. The van der Waals surface area contributed by atoms with Crippen LogP contribution in [-0.4, -0.2) is 31.1 Å². The topological polar surface area (TPSA) is 271 Å². The Labute approximate surface area is 276 Å². The van der Waals surface area contributed by atoms with E-state index in [9.17, 15) is 0 Å². The number of nitrogens with zero attached hydrogens (tertiary/aromatic N) is 5. The van der Waals surface area contributed by atoms with Crippen LogP contribution < -0.4 is 34.4 Å². The van der Waals surface area contributed by atoms with Gasteiger partial charge in [0.2, 0.25) is 24.0 Å². The molecule has 248 valence electrons. The number of phenolic OH excluding ortho intramolecular Hbond substituents is 2. The maximum absolute atomic E-state index is 9.13. The molecule has 0 amide bonds. The van der Waals surface area contributed by atoms with Gasteiger partial charge in [0.25, 0.3) is 0 Å². The molecule has 0 unspecified atom stereocenters. The van der Waals surface area contributed by atoms with Crippen LogP contribution >= 0.6 is 0 Å². The van der Waals surface area contributed by atoms with Gasteiger partial charge in [-0.2, -0.15) is 20.2 Å². The minimum Gasteiger partial charge on any atom is -0.508 e. The van der Waals surface area contributed by atoms with E-state index in [2.05, 4.69) is 19.9 Å². The molecule has 1 aromatic heterocycles. The number of rotatable bonds is 4. The lowest BCUT2D eigenvalue weighted by molar-refractivity contribution is 0.475. The molecule has 5 aromatic rings. The van der Waals surface area contributed by atoms with Crippen LogP contribution in [0.4, 0.5) is 23.3 Å². The van der Waals surface area contributed by atoms with Crippen molar-refractivity contribution in [3.05, 3.63) is 125 Å². The number of aryl methyl sites for hydroxylation is 1. The van der Waals surface area contributed by atoms with Crippen molar-refractivity contribution in [2.24, 2.45) is 16.5 Å². The molecule has 5 rings (SSSR count). The molecular formula is C34H45N11O2. The summed E-state index contributed by atoms with van der Waals surface area (Å²) in [5.74, 6) is 1.24. The lowest BCUT2D eigenvalue weighted by atomic mass is 10.0. The molecular weight excluding hydrogens is 594 g/mol. The zero-order valence-electron chi connectivity index (χ0n) is 24.7. The van der Waals surface area contributed by atoms with E-state index < -0.39 is 0 Å². The van der Waals surface area contributed by atoms with Gasteiger partial charge in [-0.25, -0.2) is 0 Å². The quantitative estimate of drug-likeness (QED) is 0.0584. The first-order valence-corrected chi connectivity index (χ1v) is 13.4. The second-order valence-corrected chi connectivity index (χ2v) is 9.41. The molecule has 13 heteroatoms. The Hall–Kier alpha value is -6.55. The average Bonchev–Trinajstić information content (AvgIpc) is 2.98. The van der Waals surface area contributed by atoms with E-state index in [1.54, 1.807) is 31.2 Å². The highest BCUT2D eigenvalue weighted by atomic mass is 16.3. The predicted octanol–water partition coefficient (Wildman–Crippen LogP) is 4.49. The number of guanidine groups is 1. The van der Waals surface area contributed by atoms with Crippen molar-refractivity contribution in [3.8, 4) is 17.7 Å². The molecule has 0 spiro atoms. The fourth-order valence-electron chi connectivity index (χ4n) is 3.55. The molecule has 0 aliphatic heterocycles. The van der Waals surface area contributed by atoms with Crippen LogP contribution in [-0.2, 0) is 12.8 Å². The molecule has 47 heavy (non-hydrogen) atoms. The third kappa shape index (κ3) is 17.4. The third-order valence-electron chi connectivity index (χ3n) is 5.61. The molecule has 0 saturated heterocycles. The van der Waals surface area contributed by atoms with Crippen LogP contribution in [0.1, 0.15) is 42.9 Å². The third-order valence-corrected chi connectivity index (χ3v) is 5.61. The summed E-state index contributed by atoms with van der Waals surface area (Å²) in [7, 11) is 0. The van der Waals surface area contributed by atoms with Crippen molar-refractivity contribution in [2.45, 2.75) is 34.6 Å². The van der Waals surface area contributed by atoms with E-state index in [1.165, 1.54) is 17.3 Å². The zero-order chi connectivity index (χ0) is 33.2. The predicted molar refractivity (Wildman–Crippen MR) is 192 cm³/mol. The Bertz CT molecular complexity index is 1440. The standard InChI is InChI=1S/C13H14N2.C13H12O2.C4H7N5.C2H4N4.2CH4/c2*14-12-5-1-10(2-6-12)9-11-3-7-13(15)8-4-11;1-2-7-3(5)9-4(6)8-2;3-1-6-2(4)5;;/h1-8H,9,14-15H2;1-8,14-15H,9H2;1H3,(H4,5,6,7,8,9);(H4,4,5,6);2*1H4. The number of anilines is 4. The van der Waals surface area contributed by atoms with Gasteiger partial charge in [0.05, 0.1) is 0 Å². The molecule has 0 radical (unpaired) electrons. The largest absolute Gasteiger partial charge is 0.508 e. The van der Waals surface area contributed by atoms with Crippen molar-refractivity contribution in [3.63, 3.8) is 0 Å². The first-order chi connectivity index (χ1) is 21.4. The number of hydrogen-bond donors (Lipinski definition) is 8. The number of aromatic nitrogens is 3. The lowest BCUT2D eigenvalue weighted by Crippen LogP contribution is -2.21. The van der Waals surface area contributed by atoms with Gasteiger partial charge >= 0.3 is 0 Å². The van der Waals surface area contributed by atoms with E-state index in [-0.39, 0.29) is 44.2 Å². The highest BCUT2D eigenvalue weighted by Crippen LogP contribution is 2.16. The Morgan fingerprint density at radius 2 is 0.894 bits per heavy atom. The summed E-state index contributed by atoms with van der Waals surface area (Å²) in [6.45, 7) is 1.70. The number of benzene rings is 4. The van der Waals surface area contributed by atoms with Crippen molar-refractivity contribution < 1.29 is 10.2 Å². The van der Waals surface area contributed by atoms with Gasteiger partial charge in [0, 0.05) is 11.4 Å². The smallest absolute Gasteiger partial charge is 0.225 e. The SMILES string of the molecule is C.C.Cc1nc(N)nc(N)n1.N#CN=C(N)N.Nc1ccc(Cc2ccc(N)cc2)cc1.Oc1ccc(Cc2ccc(O)cc2)cc1. The minimum absolute atomic E-state index is 0. The first kappa shape index (κ1) is 40.5. The van der Waals surface area contributed by atoms with Crippen LogP contribution in [0.5, 0.6) is 11.5 Å². The highest BCUT2D eigenvalue weighted by molar-refractivity contribution is 5.76. The number of aliphatic imine (C=N–C) groups is 1. The second kappa shape index (κ2) is 21.2. The molecule has 4 aromatic carbocycles. The molecule has 0 atom stereocenters. The van der Waals surface area contributed by atoms with E-state index in [1.807, 2.05) is 72.8 Å². The van der Waals surface area contributed by atoms with Crippen molar-refractivity contribution >= 4 is 29.2 Å². The summed E-state index contributed by atoms with van der Waals surface area (Å²) in [6, 6.07) is 30.2. The summed E-state index contributed by atoms with van der Waals surface area (Å²) in [5.41, 5.74) is 37.5. The van der Waals surface area contributed by atoms with Crippen LogP contribution in [0.3, 0.4) is 0 Å².